The van der Waals surface area contributed by atoms with Crippen LogP contribution in [0.3, 0.4) is 0 Å². The third kappa shape index (κ3) is 2.55. The maximum absolute atomic E-state index is 4.25. The van der Waals surface area contributed by atoms with Crippen LogP contribution in [-0.2, 0) is 13.0 Å². The van der Waals surface area contributed by atoms with Crippen molar-refractivity contribution in [3.8, 4) is 0 Å². The highest BCUT2D eigenvalue weighted by atomic mass is 15.1. The van der Waals surface area contributed by atoms with Crippen molar-refractivity contribution < 1.29 is 0 Å². The normalized spacial score (nSPS) is 15.7. The Balaban J connectivity index is 1.92. The van der Waals surface area contributed by atoms with Crippen LogP contribution in [0.25, 0.3) is 22.7 Å². The fraction of sp³-hybridized carbons (Fsp3) is 0.286. The number of aromatic nitrogens is 2. The van der Waals surface area contributed by atoms with Gasteiger partial charge in [-0.1, -0.05) is 17.7 Å². The zero-order valence-electron chi connectivity index (χ0n) is 14.6. The van der Waals surface area contributed by atoms with E-state index in [-0.39, 0.29) is 0 Å². The molecule has 0 aliphatic carbocycles. The van der Waals surface area contributed by atoms with E-state index in [4.69, 9.17) is 0 Å². The number of aryl methyl sites for hydroxylation is 1. The number of likely N-dealkylation sites (N-methyl/N-ethyl adjacent to an activating group) is 1. The molecule has 3 nitrogen and oxygen atoms in total. The minimum atomic E-state index is 1.03. The molecule has 0 bridgehead atoms. The highest BCUT2D eigenvalue weighted by Gasteiger charge is 2.21. The fourth-order valence-corrected chi connectivity index (χ4v) is 3.65. The molecule has 0 spiro atoms. The van der Waals surface area contributed by atoms with Crippen molar-refractivity contribution in [2.45, 2.75) is 26.8 Å². The lowest BCUT2D eigenvalue weighted by Crippen LogP contribution is -2.26. The maximum atomic E-state index is 4.25. The molecular weight excluding hydrogens is 294 g/mol. The van der Waals surface area contributed by atoms with Gasteiger partial charge in [0.15, 0.2) is 0 Å². The van der Waals surface area contributed by atoms with Crippen LogP contribution in [0.5, 0.6) is 0 Å². The highest BCUT2D eigenvalue weighted by molar-refractivity contribution is 5.90. The predicted octanol–water partition coefficient (Wildman–Crippen LogP) is 4.35. The van der Waals surface area contributed by atoms with Crippen molar-refractivity contribution >= 4 is 22.7 Å². The second-order valence-corrected chi connectivity index (χ2v) is 6.86. The van der Waals surface area contributed by atoms with Gasteiger partial charge in [-0.15, -0.1) is 0 Å². The van der Waals surface area contributed by atoms with Gasteiger partial charge in [-0.3, -0.25) is 4.98 Å². The van der Waals surface area contributed by atoms with Gasteiger partial charge in [0, 0.05) is 49.2 Å². The molecule has 0 saturated heterocycles. The quantitative estimate of drug-likeness (QED) is 0.700. The molecule has 1 aromatic carbocycles. The van der Waals surface area contributed by atoms with Crippen molar-refractivity contribution in [2.24, 2.45) is 0 Å². The predicted molar refractivity (Wildman–Crippen MR) is 101 cm³/mol. The van der Waals surface area contributed by atoms with E-state index in [0.717, 1.165) is 19.5 Å². The number of fused-ring (bicyclic) bond motifs is 3. The van der Waals surface area contributed by atoms with Gasteiger partial charge in [0.2, 0.25) is 0 Å². The van der Waals surface area contributed by atoms with E-state index < -0.39 is 0 Å². The van der Waals surface area contributed by atoms with E-state index in [1.807, 2.05) is 18.5 Å². The highest BCUT2D eigenvalue weighted by Crippen LogP contribution is 2.32. The third-order valence-corrected chi connectivity index (χ3v) is 4.97. The van der Waals surface area contributed by atoms with Crippen molar-refractivity contribution in [1.82, 2.24) is 14.5 Å². The smallest absolute Gasteiger partial charge is 0.0529 e. The maximum Gasteiger partial charge on any atom is 0.0529 e. The van der Waals surface area contributed by atoms with E-state index in [1.165, 1.54) is 38.9 Å². The van der Waals surface area contributed by atoms with Crippen molar-refractivity contribution in [3.63, 3.8) is 0 Å². The second kappa shape index (κ2) is 5.91. The summed E-state index contributed by atoms with van der Waals surface area (Å²) in [6.07, 6.45) is 7.12. The Hall–Kier alpha value is -2.39. The molecule has 0 amide bonds. The van der Waals surface area contributed by atoms with Crippen molar-refractivity contribution in [2.75, 3.05) is 13.6 Å². The van der Waals surface area contributed by atoms with E-state index >= 15 is 0 Å². The van der Waals surface area contributed by atoms with Gasteiger partial charge >= 0.3 is 0 Å². The van der Waals surface area contributed by atoms with E-state index in [0.29, 0.717) is 0 Å². The van der Waals surface area contributed by atoms with Gasteiger partial charge in [0.1, 0.15) is 0 Å². The summed E-state index contributed by atoms with van der Waals surface area (Å²) in [5.74, 6) is 0. The fourth-order valence-electron chi connectivity index (χ4n) is 3.65. The zero-order valence-corrected chi connectivity index (χ0v) is 14.6. The molecule has 0 N–H and O–H groups in total. The second-order valence-electron chi connectivity index (χ2n) is 6.86. The summed E-state index contributed by atoms with van der Waals surface area (Å²) in [5.41, 5.74) is 7.98. The lowest BCUT2D eigenvalue weighted by molar-refractivity contribution is 0.312. The first kappa shape index (κ1) is 15.2. The summed E-state index contributed by atoms with van der Waals surface area (Å²) in [6, 6.07) is 10.9. The standard InChI is InChI=1S/C21H23N3/c1-15-6-7-20-18(11-15)19-14-23(3)10-8-21(19)24(20)13-16(2)17-5-4-9-22-12-17/h4-7,9,11-13H,8,10,14H2,1-3H3. The molecule has 1 aliphatic heterocycles. The first-order chi connectivity index (χ1) is 11.6. The van der Waals surface area contributed by atoms with Crippen LogP contribution in [-0.4, -0.2) is 28.0 Å². The molecule has 3 heterocycles. The average Bonchev–Trinajstić information content (AvgIpc) is 2.88. The summed E-state index contributed by atoms with van der Waals surface area (Å²) in [7, 11) is 2.21. The van der Waals surface area contributed by atoms with E-state index in [1.54, 1.807) is 0 Å². The molecule has 0 saturated carbocycles. The topological polar surface area (TPSA) is 21.1 Å². The first-order valence-corrected chi connectivity index (χ1v) is 8.53. The Morgan fingerprint density at radius 3 is 2.92 bits per heavy atom. The lowest BCUT2D eigenvalue weighted by atomic mass is 10.0. The van der Waals surface area contributed by atoms with Crippen LogP contribution in [0.4, 0.5) is 0 Å². The number of allylic oxidation sites excluding steroid dienone is 1. The van der Waals surface area contributed by atoms with Gasteiger partial charge in [0.25, 0.3) is 0 Å². The van der Waals surface area contributed by atoms with Crippen molar-refractivity contribution in [1.29, 1.82) is 0 Å². The molecule has 4 rings (SSSR count). The summed E-state index contributed by atoms with van der Waals surface area (Å²) in [5, 5.41) is 1.40. The molecular formula is C21H23N3. The van der Waals surface area contributed by atoms with Gasteiger partial charge < -0.3 is 9.47 Å². The molecule has 24 heavy (non-hydrogen) atoms. The first-order valence-electron chi connectivity index (χ1n) is 8.53. The summed E-state index contributed by atoms with van der Waals surface area (Å²) >= 11 is 0. The Kier molecular flexibility index (Phi) is 3.73. The molecule has 0 radical (unpaired) electrons. The molecule has 1 aliphatic rings. The summed E-state index contributed by atoms with van der Waals surface area (Å²) in [4.78, 5) is 6.66. The zero-order chi connectivity index (χ0) is 16.7. The lowest BCUT2D eigenvalue weighted by Gasteiger charge is -2.23. The van der Waals surface area contributed by atoms with Gasteiger partial charge in [-0.05, 0) is 55.8 Å². The molecule has 2 aromatic heterocycles. The molecule has 0 unspecified atom stereocenters. The number of hydrogen-bond donors (Lipinski definition) is 0. The molecule has 3 heteroatoms. The van der Waals surface area contributed by atoms with Crippen LogP contribution >= 0.6 is 0 Å². The van der Waals surface area contributed by atoms with Crippen LogP contribution in [0.15, 0.2) is 42.7 Å². The Labute approximate surface area is 143 Å². The van der Waals surface area contributed by atoms with E-state index in [2.05, 4.69) is 65.8 Å². The van der Waals surface area contributed by atoms with Crippen molar-refractivity contribution in [3.05, 3.63) is 65.1 Å². The van der Waals surface area contributed by atoms with Gasteiger partial charge in [0.05, 0.1) is 5.52 Å². The number of pyridine rings is 1. The largest absolute Gasteiger partial charge is 0.320 e. The minimum absolute atomic E-state index is 1.03. The average molecular weight is 317 g/mol. The van der Waals surface area contributed by atoms with Crippen LogP contribution in [0.2, 0.25) is 0 Å². The number of rotatable bonds is 2. The SMILES string of the molecule is CC(=Cn1c2c(c3cc(C)ccc31)CN(C)CC2)c1cccnc1. The number of nitrogens with zero attached hydrogens (tertiary/aromatic N) is 3. The molecule has 122 valence electrons. The molecule has 3 aromatic rings. The Morgan fingerprint density at radius 2 is 2.12 bits per heavy atom. The Morgan fingerprint density at radius 1 is 1.25 bits per heavy atom. The summed E-state index contributed by atoms with van der Waals surface area (Å²) < 4.78 is 2.40. The van der Waals surface area contributed by atoms with Crippen LogP contribution < -0.4 is 0 Å². The Bertz CT molecular complexity index is 919. The number of benzene rings is 1. The molecule has 0 atom stereocenters. The summed E-state index contributed by atoms with van der Waals surface area (Å²) in [6.45, 7) is 6.48. The van der Waals surface area contributed by atoms with Crippen LogP contribution in [0, 0.1) is 6.92 Å². The third-order valence-electron chi connectivity index (χ3n) is 4.97. The van der Waals surface area contributed by atoms with Gasteiger partial charge in [-0.2, -0.15) is 0 Å². The van der Waals surface area contributed by atoms with E-state index in [9.17, 15) is 0 Å². The minimum Gasteiger partial charge on any atom is -0.320 e. The monoisotopic (exact) mass is 317 g/mol. The van der Waals surface area contributed by atoms with Gasteiger partial charge in [-0.25, -0.2) is 0 Å². The number of hydrogen-bond acceptors (Lipinski definition) is 2. The van der Waals surface area contributed by atoms with Crippen LogP contribution in [0.1, 0.15) is 29.3 Å². The molecule has 0 fully saturated rings.